The summed E-state index contributed by atoms with van der Waals surface area (Å²) in [6.45, 7) is 0.932. The van der Waals surface area contributed by atoms with Gasteiger partial charge in [-0.1, -0.05) is 24.3 Å². The number of carbonyl (C=O) groups is 3. The number of thioether (sulfide) groups is 1. The number of rotatable bonds is 9. The average Bonchev–Trinajstić information content (AvgIpc) is 2.92. The number of methoxy groups -OCH3 is 2. The molecule has 1 N–H and O–H groups in total. The van der Waals surface area contributed by atoms with E-state index in [-0.39, 0.29) is 30.9 Å². The zero-order valence-corrected chi connectivity index (χ0v) is 23.1. The molecule has 10 nitrogen and oxygen atoms in total. The number of urea groups is 1. The van der Waals surface area contributed by atoms with Crippen molar-refractivity contribution in [1.82, 2.24) is 25.1 Å². The van der Waals surface area contributed by atoms with Gasteiger partial charge < -0.3 is 24.6 Å². The standard InChI is InChI=1S/C27H35N5O5S/c1-29-18-25(33)31-23(13-14-38-4)26(34)30(16-20-7-11-22(37-3)12-8-20)17-24(31)32(29)27(35)28-15-19-5-9-21(36-2)10-6-19/h5-12,23-24H,13-18H2,1-4H3,(H,28,35). The summed E-state index contributed by atoms with van der Waals surface area (Å²) in [5, 5.41) is 6.19. The van der Waals surface area contributed by atoms with Crippen molar-refractivity contribution in [2.45, 2.75) is 31.7 Å². The molecule has 38 heavy (non-hydrogen) atoms. The van der Waals surface area contributed by atoms with Crippen LogP contribution in [0.15, 0.2) is 48.5 Å². The highest BCUT2D eigenvalue weighted by molar-refractivity contribution is 7.98. The second-order valence-electron chi connectivity index (χ2n) is 9.31. The first-order chi connectivity index (χ1) is 18.4. The molecule has 4 rings (SSSR count). The van der Waals surface area contributed by atoms with Gasteiger partial charge in [-0.15, -0.1) is 0 Å². The van der Waals surface area contributed by atoms with Crippen molar-refractivity contribution in [3.8, 4) is 11.5 Å². The van der Waals surface area contributed by atoms with Gasteiger partial charge >= 0.3 is 6.03 Å². The number of nitrogens with zero attached hydrogens (tertiary/aromatic N) is 4. The SMILES string of the molecule is COc1ccc(CNC(=O)N2C3CN(Cc4ccc(OC)cc4)C(=O)C(CCSC)N3C(=O)CN2C)cc1. The number of hydrazine groups is 1. The monoisotopic (exact) mass is 541 g/mol. The normalized spacial score (nSPS) is 19.8. The molecule has 2 saturated heterocycles. The Balaban J connectivity index is 1.56. The van der Waals surface area contributed by atoms with Gasteiger partial charge in [0.25, 0.3) is 0 Å². The van der Waals surface area contributed by atoms with Gasteiger partial charge in [0, 0.05) is 20.1 Å². The molecule has 0 radical (unpaired) electrons. The number of carbonyl (C=O) groups excluding carboxylic acids is 3. The minimum Gasteiger partial charge on any atom is -0.497 e. The van der Waals surface area contributed by atoms with Gasteiger partial charge in [-0.3, -0.25) is 9.59 Å². The molecule has 0 bridgehead atoms. The number of amides is 4. The highest BCUT2D eigenvalue weighted by Gasteiger charge is 2.50. The minimum absolute atomic E-state index is 0.0218. The zero-order chi connectivity index (χ0) is 27.2. The summed E-state index contributed by atoms with van der Waals surface area (Å²) >= 11 is 1.63. The number of hydrogen-bond donors (Lipinski definition) is 1. The molecule has 2 heterocycles. The molecule has 2 aliphatic rings. The van der Waals surface area contributed by atoms with Crippen LogP contribution in [-0.4, -0.2) is 96.2 Å². The lowest BCUT2D eigenvalue weighted by Crippen LogP contribution is -2.75. The lowest BCUT2D eigenvalue weighted by Gasteiger charge is -2.54. The lowest BCUT2D eigenvalue weighted by molar-refractivity contribution is -0.187. The fraction of sp³-hybridized carbons (Fsp3) is 0.444. The molecule has 2 aliphatic heterocycles. The van der Waals surface area contributed by atoms with Gasteiger partial charge in [0.05, 0.1) is 27.3 Å². The van der Waals surface area contributed by atoms with Crippen LogP contribution in [0.5, 0.6) is 11.5 Å². The number of nitrogens with one attached hydrogen (secondary N) is 1. The number of hydrogen-bond acceptors (Lipinski definition) is 7. The molecule has 2 aromatic rings. The van der Waals surface area contributed by atoms with Crippen molar-refractivity contribution in [3.63, 3.8) is 0 Å². The quantitative estimate of drug-likeness (QED) is 0.521. The van der Waals surface area contributed by atoms with Crippen LogP contribution in [-0.2, 0) is 22.7 Å². The van der Waals surface area contributed by atoms with Gasteiger partial charge in [0.1, 0.15) is 23.7 Å². The Labute approximate surface area is 227 Å². The third kappa shape index (κ3) is 5.99. The van der Waals surface area contributed by atoms with Crippen molar-refractivity contribution in [3.05, 3.63) is 59.7 Å². The van der Waals surface area contributed by atoms with Crippen LogP contribution in [0.25, 0.3) is 0 Å². The maximum atomic E-state index is 13.6. The van der Waals surface area contributed by atoms with E-state index in [0.717, 1.165) is 28.4 Å². The van der Waals surface area contributed by atoms with Crippen LogP contribution < -0.4 is 14.8 Å². The van der Waals surface area contributed by atoms with Crippen molar-refractivity contribution < 1.29 is 23.9 Å². The molecule has 0 spiro atoms. The lowest BCUT2D eigenvalue weighted by atomic mass is 10.0. The number of fused-ring (bicyclic) bond motifs is 1. The average molecular weight is 542 g/mol. The summed E-state index contributed by atoms with van der Waals surface area (Å²) in [7, 11) is 4.94. The van der Waals surface area contributed by atoms with Crippen molar-refractivity contribution in [2.75, 3.05) is 46.4 Å². The van der Waals surface area contributed by atoms with E-state index in [0.29, 0.717) is 19.5 Å². The van der Waals surface area contributed by atoms with Crippen molar-refractivity contribution in [2.24, 2.45) is 0 Å². The first-order valence-electron chi connectivity index (χ1n) is 12.5. The van der Waals surface area contributed by atoms with E-state index in [1.54, 1.807) is 52.8 Å². The van der Waals surface area contributed by atoms with Crippen LogP contribution in [0.4, 0.5) is 4.79 Å². The second-order valence-corrected chi connectivity index (χ2v) is 10.3. The fourth-order valence-corrected chi connectivity index (χ4v) is 5.37. The highest BCUT2D eigenvalue weighted by Crippen LogP contribution is 2.29. The predicted molar refractivity (Wildman–Crippen MR) is 146 cm³/mol. The second kappa shape index (κ2) is 12.4. The Bertz CT molecular complexity index is 1130. The first kappa shape index (κ1) is 27.6. The summed E-state index contributed by atoms with van der Waals surface area (Å²) in [6, 6.07) is 14.1. The largest absolute Gasteiger partial charge is 0.497 e. The third-order valence-electron chi connectivity index (χ3n) is 6.88. The van der Waals surface area contributed by atoms with E-state index < -0.39 is 12.2 Å². The molecule has 0 saturated carbocycles. The van der Waals surface area contributed by atoms with Crippen molar-refractivity contribution >= 4 is 29.6 Å². The van der Waals surface area contributed by atoms with Crippen LogP contribution in [0, 0.1) is 0 Å². The van der Waals surface area contributed by atoms with E-state index in [9.17, 15) is 14.4 Å². The summed E-state index contributed by atoms with van der Waals surface area (Å²) in [4.78, 5) is 43.7. The Morgan fingerprint density at radius 1 is 1.00 bits per heavy atom. The molecule has 0 aliphatic carbocycles. The maximum Gasteiger partial charge on any atom is 0.334 e. The minimum atomic E-state index is -0.627. The van der Waals surface area contributed by atoms with E-state index in [4.69, 9.17) is 9.47 Å². The van der Waals surface area contributed by atoms with Crippen LogP contribution in [0.1, 0.15) is 17.5 Å². The van der Waals surface area contributed by atoms with Crippen LogP contribution >= 0.6 is 11.8 Å². The number of likely N-dealkylation sites (N-methyl/N-ethyl adjacent to an activating group) is 1. The molecule has 2 unspecified atom stereocenters. The fourth-order valence-electron chi connectivity index (χ4n) is 4.91. The highest BCUT2D eigenvalue weighted by atomic mass is 32.2. The number of benzene rings is 2. The summed E-state index contributed by atoms with van der Waals surface area (Å²) in [6.07, 6.45) is 1.89. The predicted octanol–water partition coefficient (Wildman–Crippen LogP) is 2.39. The smallest absolute Gasteiger partial charge is 0.334 e. The summed E-state index contributed by atoms with van der Waals surface area (Å²) < 4.78 is 10.5. The van der Waals surface area contributed by atoms with E-state index in [1.807, 2.05) is 54.8 Å². The molecule has 0 aromatic heterocycles. The van der Waals surface area contributed by atoms with Gasteiger partial charge in [0.15, 0.2) is 0 Å². The Kier molecular flexibility index (Phi) is 9.01. The molecule has 2 atom stereocenters. The Morgan fingerprint density at radius 2 is 1.61 bits per heavy atom. The van der Waals surface area contributed by atoms with Crippen LogP contribution in [0.2, 0.25) is 0 Å². The molecule has 4 amide bonds. The van der Waals surface area contributed by atoms with Gasteiger partial charge in [-0.05, 0) is 53.8 Å². The van der Waals surface area contributed by atoms with Gasteiger partial charge in [-0.2, -0.15) is 11.8 Å². The van der Waals surface area contributed by atoms with Crippen molar-refractivity contribution in [1.29, 1.82) is 0 Å². The molecule has 11 heteroatoms. The summed E-state index contributed by atoms with van der Waals surface area (Å²) in [5.41, 5.74) is 1.87. The first-order valence-corrected chi connectivity index (χ1v) is 13.9. The molecule has 2 aromatic carbocycles. The Hall–Kier alpha value is -3.44. The molecular weight excluding hydrogens is 506 g/mol. The molecule has 204 valence electrons. The number of ether oxygens (including phenoxy) is 2. The maximum absolute atomic E-state index is 13.6. The molecule has 2 fully saturated rings. The summed E-state index contributed by atoms with van der Waals surface area (Å²) in [5.74, 6) is 1.96. The van der Waals surface area contributed by atoms with Gasteiger partial charge in [0.2, 0.25) is 11.8 Å². The van der Waals surface area contributed by atoms with E-state index in [2.05, 4.69) is 5.32 Å². The third-order valence-corrected chi connectivity index (χ3v) is 7.52. The zero-order valence-electron chi connectivity index (χ0n) is 22.3. The van der Waals surface area contributed by atoms with Gasteiger partial charge in [-0.25, -0.2) is 14.8 Å². The van der Waals surface area contributed by atoms with E-state index in [1.165, 1.54) is 0 Å². The Morgan fingerprint density at radius 3 is 2.18 bits per heavy atom. The number of piperazine rings is 1. The topological polar surface area (TPSA) is 94.7 Å². The van der Waals surface area contributed by atoms with E-state index >= 15 is 0 Å². The molecular formula is C27H35N5O5S. The van der Waals surface area contributed by atoms with Crippen LogP contribution in [0.3, 0.4) is 0 Å².